The highest BCUT2D eigenvalue weighted by molar-refractivity contribution is 5.89. The van der Waals surface area contributed by atoms with E-state index in [0.29, 0.717) is 0 Å². The molecule has 9 aromatic carbocycles. The summed E-state index contributed by atoms with van der Waals surface area (Å²) in [5.74, 6) is 0. The summed E-state index contributed by atoms with van der Waals surface area (Å²) in [6.07, 6.45) is 0. The molecule has 0 aliphatic heterocycles. The minimum atomic E-state index is -0.437. The largest absolute Gasteiger partial charge is 0.248 e. The Morgan fingerprint density at radius 3 is 1.07 bits per heavy atom. The number of pyridine rings is 1. The van der Waals surface area contributed by atoms with Gasteiger partial charge in [-0.1, -0.05) is 212 Å². The summed E-state index contributed by atoms with van der Waals surface area (Å²) in [6, 6.07) is 90.3. The first-order valence-corrected chi connectivity index (χ1v) is 21.0. The molecule has 10 aromatic rings. The number of hydrogen-bond donors (Lipinski definition) is 0. The van der Waals surface area contributed by atoms with E-state index in [9.17, 15) is 0 Å². The molecular weight excluding hydrogens is 735 g/mol. The first-order chi connectivity index (χ1) is 30.2. The lowest BCUT2D eigenvalue weighted by atomic mass is 9.67. The van der Waals surface area contributed by atoms with Gasteiger partial charge in [-0.15, -0.1) is 0 Å². The molecule has 0 N–H and O–H groups in total. The standard InChI is InChI=1S/C60H41N/c1-5-18-42(19-6-1)58-40-51(41-59(61-58)43-20-7-2-8-21-43)49-27-17-25-47(38-49)45-23-15-22-44(36-45)46-24-16-26-48(37-46)50-34-35-55-54-32-13-14-33-56(54)60(57(55)39-50,52-28-9-3-10-29-52)53-30-11-4-12-31-53/h1-41H. The molecule has 11 rings (SSSR count). The van der Waals surface area contributed by atoms with E-state index in [1.165, 1.54) is 66.8 Å². The lowest BCUT2D eigenvalue weighted by molar-refractivity contribution is 0.769. The van der Waals surface area contributed by atoms with Gasteiger partial charge in [-0.05, 0) is 114 Å². The van der Waals surface area contributed by atoms with Crippen molar-refractivity contribution in [2.45, 2.75) is 5.41 Å². The fourth-order valence-corrected chi connectivity index (χ4v) is 9.47. The van der Waals surface area contributed by atoms with Crippen LogP contribution in [0.4, 0.5) is 0 Å². The molecule has 0 bridgehead atoms. The van der Waals surface area contributed by atoms with E-state index in [1.54, 1.807) is 0 Å². The van der Waals surface area contributed by atoms with Crippen molar-refractivity contribution in [1.29, 1.82) is 0 Å². The first kappa shape index (κ1) is 36.2. The lowest BCUT2D eigenvalue weighted by Gasteiger charge is -2.34. The monoisotopic (exact) mass is 775 g/mol. The molecule has 61 heavy (non-hydrogen) atoms. The van der Waals surface area contributed by atoms with Crippen LogP contribution in [-0.4, -0.2) is 4.98 Å². The van der Waals surface area contributed by atoms with Gasteiger partial charge in [-0.25, -0.2) is 4.98 Å². The Morgan fingerprint density at radius 1 is 0.230 bits per heavy atom. The van der Waals surface area contributed by atoms with Crippen LogP contribution >= 0.6 is 0 Å². The Morgan fingerprint density at radius 2 is 0.590 bits per heavy atom. The molecule has 0 saturated carbocycles. The summed E-state index contributed by atoms with van der Waals surface area (Å²) in [5.41, 5.74) is 20.9. The van der Waals surface area contributed by atoms with Crippen LogP contribution in [-0.2, 0) is 5.41 Å². The number of rotatable bonds is 8. The maximum atomic E-state index is 5.12. The number of hydrogen-bond acceptors (Lipinski definition) is 1. The van der Waals surface area contributed by atoms with Gasteiger partial charge >= 0.3 is 0 Å². The highest BCUT2D eigenvalue weighted by atomic mass is 14.7. The second kappa shape index (κ2) is 15.4. The molecule has 1 nitrogen and oxygen atoms in total. The predicted octanol–water partition coefficient (Wildman–Crippen LogP) is 15.4. The van der Waals surface area contributed by atoms with Gasteiger partial charge in [0.1, 0.15) is 0 Å². The minimum Gasteiger partial charge on any atom is -0.248 e. The third-order valence-electron chi connectivity index (χ3n) is 12.3. The molecule has 0 atom stereocenters. The van der Waals surface area contributed by atoms with E-state index >= 15 is 0 Å². The van der Waals surface area contributed by atoms with E-state index in [0.717, 1.165) is 33.6 Å². The molecule has 1 aliphatic rings. The van der Waals surface area contributed by atoms with Crippen molar-refractivity contribution >= 4 is 0 Å². The highest BCUT2D eigenvalue weighted by Gasteiger charge is 2.46. The van der Waals surface area contributed by atoms with Gasteiger partial charge in [-0.3, -0.25) is 0 Å². The molecule has 286 valence electrons. The Balaban J connectivity index is 0.971. The molecule has 0 radical (unpaired) electrons. The van der Waals surface area contributed by atoms with Crippen molar-refractivity contribution in [3.05, 3.63) is 271 Å². The third-order valence-corrected chi connectivity index (χ3v) is 12.3. The zero-order chi connectivity index (χ0) is 40.6. The maximum Gasteiger partial charge on any atom is 0.0715 e. The van der Waals surface area contributed by atoms with E-state index < -0.39 is 5.41 Å². The number of benzene rings is 9. The minimum absolute atomic E-state index is 0.437. The molecule has 0 saturated heterocycles. The van der Waals surface area contributed by atoms with Crippen molar-refractivity contribution in [3.63, 3.8) is 0 Å². The Kier molecular flexibility index (Phi) is 9.13. The van der Waals surface area contributed by atoms with Crippen molar-refractivity contribution in [2.75, 3.05) is 0 Å². The van der Waals surface area contributed by atoms with Gasteiger partial charge in [0, 0.05) is 11.1 Å². The summed E-state index contributed by atoms with van der Waals surface area (Å²) in [6.45, 7) is 0. The zero-order valence-corrected chi connectivity index (χ0v) is 33.6. The van der Waals surface area contributed by atoms with Crippen LogP contribution in [0, 0.1) is 0 Å². The topological polar surface area (TPSA) is 12.9 Å². The van der Waals surface area contributed by atoms with Crippen molar-refractivity contribution in [2.24, 2.45) is 0 Å². The summed E-state index contributed by atoms with van der Waals surface area (Å²) in [7, 11) is 0. The average molecular weight is 776 g/mol. The van der Waals surface area contributed by atoms with Gasteiger partial charge in [0.15, 0.2) is 0 Å². The zero-order valence-electron chi connectivity index (χ0n) is 33.6. The van der Waals surface area contributed by atoms with Gasteiger partial charge in [0.25, 0.3) is 0 Å². The number of fused-ring (bicyclic) bond motifs is 3. The van der Waals surface area contributed by atoms with Gasteiger partial charge in [0.2, 0.25) is 0 Å². The molecule has 0 spiro atoms. The Hall–Kier alpha value is -7.87. The molecule has 0 fully saturated rings. The number of aromatic nitrogens is 1. The van der Waals surface area contributed by atoms with Crippen LogP contribution in [0.5, 0.6) is 0 Å². The fourth-order valence-electron chi connectivity index (χ4n) is 9.47. The van der Waals surface area contributed by atoms with Crippen LogP contribution in [0.1, 0.15) is 22.3 Å². The van der Waals surface area contributed by atoms with E-state index in [4.69, 9.17) is 4.98 Å². The van der Waals surface area contributed by atoms with Gasteiger partial charge < -0.3 is 0 Å². The summed E-state index contributed by atoms with van der Waals surface area (Å²) >= 11 is 0. The van der Waals surface area contributed by atoms with Crippen LogP contribution in [0.2, 0.25) is 0 Å². The molecule has 1 heteroatoms. The average Bonchev–Trinajstić information content (AvgIpc) is 3.65. The van der Waals surface area contributed by atoms with E-state index in [2.05, 4.69) is 237 Å². The fraction of sp³-hybridized carbons (Fsp3) is 0.0167. The van der Waals surface area contributed by atoms with Crippen LogP contribution in [0.3, 0.4) is 0 Å². The van der Waals surface area contributed by atoms with Crippen molar-refractivity contribution in [3.8, 4) is 78.1 Å². The third kappa shape index (κ3) is 6.49. The molecular formula is C60H41N. The van der Waals surface area contributed by atoms with Crippen LogP contribution < -0.4 is 0 Å². The van der Waals surface area contributed by atoms with Crippen molar-refractivity contribution in [1.82, 2.24) is 4.98 Å². The Bertz CT molecular complexity index is 3070. The van der Waals surface area contributed by atoms with Crippen LogP contribution in [0.15, 0.2) is 249 Å². The van der Waals surface area contributed by atoms with Crippen molar-refractivity contribution < 1.29 is 0 Å². The summed E-state index contributed by atoms with van der Waals surface area (Å²) in [4.78, 5) is 5.12. The summed E-state index contributed by atoms with van der Waals surface area (Å²) < 4.78 is 0. The number of nitrogens with zero attached hydrogens (tertiary/aromatic N) is 1. The van der Waals surface area contributed by atoms with E-state index in [-0.39, 0.29) is 0 Å². The SMILES string of the molecule is c1ccc(-c2cc(-c3cccc(-c4cccc(-c5cccc(-c6ccc7c(c6)C(c6ccccc6)(c6ccccc6)c6ccccc6-7)c5)c4)c3)cc(-c3ccccc3)n2)cc1. The molecule has 1 heterocycles. The second-order valence-corrected chi connectivity index (χ2v) is 15.9. The predicted molar refractivity (Wildman–Crippen MR) is 254 cm³/mol. The molecule has 1 aromatic heterocycles. The second-order valence-electron chi connectivity index (χ2n) is 15.9. The summed E-state index contributed by atoms with van der Waals surface area (Å²) in [5, 5.41) is 0. The highest BCUT2D eigenvalue weighted by Crippen LogP contribution is 2.56. The quantitative estimate of drug-likeness (QED) is 0.150. The van der Waals surface area contributed by atoms with Gasteiger partial charge in [0.05, 0.1) is 16.8 Å². The maximum absolute atomic E-state index is 5.12. The smallest absolute Gasteiger partial charge is 0.0715 e. The van der Waals surface area contributed by atoms with E-state index in [1.807, 2.05) is 12.1 Å². The first-order valence-electron chi connectivity index (χ1n) is 21.0. The molecule has 0 amide bonds. The van der Waals surface area contributed by atoms with Gasteiger partial charge in [-0.2, -0.15) is 0 Å². The molecule has 0 unspecified atom stereocenters. The lowest BCUT2D eigenvalue weighted by Crippen LogP contribution is -2.28. The molecule has 1 aliphatic carbocycles. The Labute approximate surface area is 358 Å². The van der Waals surface area contributed by atoms with Crippen LogP contribution in [0.25, 0.3) is 78.1 Å². The normalized spacial score (nSPS) is 12.4.